The zero-order chi connectivity index (χ0) is 18.5. The third-order valence-electron chi connectivity index (χ3n) is 4.53. The molecule has 0 radical (unpaired) electrons. The summed E-state index contributed by atoms with van der Waals surface area (Å²) < 4.78 is 16.4. The third kappa shape index (κ3) is 3.85. The molecule has 6 heteroatoms. The highest BCUT2D eigenvalue weighted by Gasteiger charge is 2.23. The predicted octanol–water partition coefficient (Wildman–Crippen LogP) is 3.63. The first-order chi connectivity index (χ1) is 12.7. The number of carbonyl (C=O) groups is 1. The quantitative estimate of drug-likeness (QED) is 0.776. The van der Waals surface area contributed by atoms with Gasteiger partial charge in [-0.05, 0) is 34.4 Å². The van der Waals surface area contributed by atoms with E-state index >= 15 is 0 Å². The van der Waals surface area contributed by atoms with E-state index in [9.17, 15) is 4.79 Å². The predicted molar refractivity (Wildman–Crippen MR) is 103 cm³/mol. The average Bonchev–Trinajstić information content (AvgIpc) is 3.19. The molecule has 0 unspecified atom stereocenters. The van der Waals surface area contributed by atoms with Crippen LogP contribution in [0.1, 0.15) is 17.5 Å². The van der Waals surface area contributed by atoms with Gasteiger partial charge in [0, 0.05) is 25.2 Å². The maximum Gasteiger partial charge on any atom is 0.227 e. The highest BCUT2D eigenvalue weighted by molar-refractivity contribution is 7.08. The van der Waals surface area contributed by atoms with Gasteiger partial charge in [-0.1, -0.05) is 6.08 Å². The molecule has 0 N–H and O–H groups in total. The van der Waals surface area contributed by atoms with Crippen LogP contribution in [-0.4, -0.2) is 45.2 Å². The average molecular weight is 373 g/mol. The second-order valence-corrected chi connectivity index (χ2v) is 6.81. The fourth-order valence-electron chi connectivity index (χ4n) is 3.12. The molecule has 1 aromatic carbocycles. The summed E-state index contributed by atoms with van der Waals surface area (Å²) in [5.74, 6) is 2.27. The smallest absolute Gasteiger partial charge is 0.227 e. The normalized spacial score (nSPS) is 14.0. The van der Waals surface area contributed by atoms with Crippen molar-refractivity contribution in [3.8, 4) is 17.2 Å². The van der Waals surface area contributed by atoms with Crippen molar-refractivity contribution in [1.29, 1.82) is 0 Å². The van der Waals surface area contributed by atoms with E-state index in [-0.39, 0.29) is 5.91 Å². The fraction of sp³-hybridized carbons (Fsp3) is 0.350. The van der Waals surface area contributed by atoms with Crippen molar-refractivity contribution in [3.63, 3.8) is 0 Å². The fourth-order valence-corrected chi connectivity index (χ4v) is 3.79. The van der Waals surface area contributed by atoms with Crippen LogP contribution in [0.25, 0.3) is 5.57 Å². The minimum absolute atomic E-state index is 0.160. The molecule has 1 aromatic heterocycles. The van der Waals surface area contributed by atoms with Gasteiger partial charge in [0.25, 0.3) is 0 Å². The highest BCUT2D eigenvalue weighted by atomic mass is 32.1. The van der Waals surface area contributed by atoms with Crippen LogP contribution in [0.2, 0.25) is 0 Å². The molecule has 5 nitrogen and oxygen atoms in total. The molecule has 26 heavy (non-hydrogen) atoms. The second-order valence-electron chi connectivity index (χ2n) is 6.03. The molecule has 3 rings (SSSR count). The molecule has 0 bridgehead atoms. The summed E-state index contributed by atoms with van der Waals surface area (Å²) in [6.45, 7) is 1.28. The number of benzene rings is 1. The first-order valence-corrected chi connectivity index (χ1v) is 9.38. The van der Waals surface area contributed by atoms with Crippen molar-refractivity contribution >= 4 is 22.8 Å². The van der Waals surface area contributed by atoms with Crippen molar-refractivity contribution in [2.24, 2.45) is 0 Å². The van der Waals surface area contributed by atoms with E-state index in [1.165, 1.54) is 0 Å². The number of nitrogens with zero attached hydrogens (tertiary/aromatic N) is 1. The van der Waals surface area contributed by atoms with E-state index in [0.717, 1.165) is 23.1 Å². The van der Waals surface area contributed by atoms with E-state index < -0.39 is 0 Å². The summed E-state index contributed by atoms with van der Waals surface area (Å²) in [6, 6.07) is 5.71. The summed E-state index contributed by atoms with van der Waals surface area (Å²) in [4.78, 5) is 14.4. The lowest BCUT2D eigenvalue weighted by atomic mass is 9.97. The number of ether oxygens (including phenoxy) is 3. The van der Waals surface area contributed by atoms with Crippen LogP contribution in [0.5, 0.6) is 17.2 Å². The Bertz CT molecular complexity index is 773. The Morgan fingerprint density at radius 1 is 1.15 bits per heavy atom. The SMILES string of the molecule is COc1cc(OC)c(C2=CCN(C(=O)Cc3ccsc3)CC2)c(OC)c1. The lowest BCUT2D eigenvalue weighted by molar-refractivity contribution is -0.130. The van der Waals surface area contributed by atoms with E-state index in [1.807, 2.05) is 33.9 Å². The van der Waals surface area contributed by atoms with Crippen LogP contribution < -0.4 is 14.2 Å². The number of thiophene rings is 1. The molecular weight excluding hydrogens is 350 g/mol. The molecule has 2 aromatic rings. The van der Waals surface area contributed by atoms with Crippen molar-refractivity contribution in [1.82, 2.24) is 4.90 Å². The lowest BCUT2D eigenvalue weighted by Crippen LogP contribution is -2.35. The van der Waals surface area contributed by atoms with Gasteiger partial charge in [-0.15, -0.1) is 0 Å². The Kier molecular flexibility index (Phi) is 5.83. The van der Waals surface area contributed by atoms with E-state index in [2.05, 4.69) is 6.08 Å². The van der Waals surface area contributed by atoms with E-state index in [4.69, 9.17) is 14.2 Å². The Labute approximate surface area is 157 Å². The van der Waals surface area contributed by atoms with Crippen LogP contribution >= 0.6 is 11.3 Å². The summed E-state index contributed by atoms with van der Waals surface area (Å²) in [5.41, 5.74) is 3.13. The van der Waals surface area contributed by atoms with Gasteiger partial charge in [0.15, 0.2) is 0 Å². The zero-order valence-electron chi connectivity index (χ0n) is 15.3. The number of methoxy groups -OCH3 is 3. The van der Waals surface area contributed by atoms with Gasteiger partial charge in [-0.2, -0.15) is 11.3 Å². The molecule has 0 atom stereocenters. The minimum atomic E-state index is 0.160. The maximum atomic E-state index is 12.5. The van der Waals surface area contributed by atoms with Crippen molar-refractivity contribution < 1.29 is 19.0 Å². The molecule has 0 saturated heterocycles. The van der Waals surface area contributed by atoms with Crippen LogP contribution in [0.3, 0.4) is 0 Å². The van der Waals surface area contributed by atoms with E-state index in [1.54, 1.807) is 32.7 Å². The van der Waals surface area contributed by atoms with E-state index in [0.29, 0.717) is 36.8 Å². The first kappa shape index (κ1) is 18.3. The van der Waals surface area contributed by atoms with Gasteiger partial charge in [-0.3, -0.25) is 4.79 Å². The summed E-state index contributed by atoms with van der Waals surface area (Å²) in [7, 11) is 4.89. The van der Waals surface area contributed by atoms with Gasteiger partial charge in [-0.25, -0.2) is 0 Å². The maximum absolute atomic E-state index is 12.5. The molecule has 1 aliphatic heterocycles. The van der Waals surface area contributed by atoms with Crippen LogP contribution in [0.4, 0.5) is 0 Å². The Morgan fingerprint density at radius 3 is 2.38 bits per heavy atom. The van der Waals surface area contributed by atoms with Gasteiger partial charge in [0.05, 0.1) is 33.3 Å². The molecule has 2 heterocycles. The zero-order valence-corrected chi connectivity index (χ0v) is 16.1. The Balaban J connectivity index is 1.79. The number of rotatable bonds is 6. The van der Waals surface area contributed by atoms with Crippen molar-refractivity contribution in [3.05, 3.63) is 46.2 Å². The van der Waals surface area contributed by atoms with Gasteiger partial charge in [0.1, 0.15) is 17.2 Å². The standard InChI is InChI=1S/C20H23NO4S/c1-23-16-11-17(24-2)20(18(12-16)25-3)15-4-7-21(8-5-15)19(22)10-14-6-9-26-13-14/h4,6,9,11-13H,5,7-8,10H2,1-3H3. The molecule has 1 amide bonds. The monoisotopic (exact) mass is 373 g/mol. The Morgan fingerprint density at radius 2 is 1.88 bits per heavy atom. The van der Waals surface area contributed by atoms with Crippen molar-refractivity contribution in [2.45, 2.75) is 12.8 Å². The van der Waals surface area contributed by atoms with Crippen LogP contribution in [-0.2, 0) is 11.2 Å². The summed E-state index contributed by atoms with van der Waals surface area (Å²) in [6.07, 6.45) is 3.30. The number of hydrogen-bond donors (Lipinski definition) is 0. The van der Waals surface area contributed by atoms with Crippen LogP contribution in [0.15, 0.2) is 35.0 Å². The number of amides is 1. The summed E-state index contributed by atoms with van der Waals surface area (Å²) in [5, 5.41) is 4.02. The van der Waals surface area contributed by atoms with Gasteiger partial charge >= 0.3 is 0 Å². The molecule has 0 fully saturated rings. The second kappa shape index (κ2) is 8.27. The lowest BCUT2D eigenvalue weighted by Gasteiger charge is -2.28. The minimum Gasteiger partial charge on any atom is -0.496 e. The number of carbonyl (C=O) groups excluding carboxylic acids is 1. The first-order valence-electron chi connectivity index (χ1n) is 8.44. The Hall–Kier alpha value is -2.47. The van der Waals surface area contributed by atoms with Crippen molar-refractivity contribution in [2.75, 3.05) is 34.4 Å². The van der Waals surface area contributed by atoms with Gasteiger partial charge in [0.2, 0.25) is 5.91 Å². The largest absolute Gasteiger partial charge is 0.496 e. The topological polar surface area (TPSA) is 48.0 Å². The number of hydrogen-bond acceptors (Lipinski definition) is 5. The third-order valence-corrected chi connectivity index (χ3v) is 5.27. The summed E-state index contributed by atoms with van der Waals surface area (Å²) >= 11 is 1.62. The highest BCUT2D eigenvalue weighted by Crippen LogP contribution is 2.40. The molecular formula is C20H23NO4S. The molecule has 0 spiro atoms. The van der Waals surface area contributed by atoms with Gasteiger partial charge < -0.3 is 19.1 Å². The molecule has 0 aliphatic carbocycles. The molecule has 0 saturated carbocycles. The van der Waals surface area contributed by atoms with Crippen LogP contribution in [0, 0.1) is 0 Å². The molecule has 1 aliphatic rings. The molecule has 138 valence electrons.